The number of carboxylic acid groups (broad SMARTS) is 1. The van der Waals surface area contributed by atoms with Gasteiger partial charge in [0, 0.05) is 12.7 Å². The molecule has 0 saturated carbocycles. The van der Waals surface area contributed by atoms with Crippen LogP contribution in [0.3, 0.4) is 0 Å². The second-order valence-corrected chi connectivity index (χ2v) is 2.73. The monoisotopic (exact) mass is 166 g/mol. The summed E-state index contributed by atoms with van der Waals surface area (Å²) in [7, 11) is 0. The fourth-order valence-corrected chi connectivity index (χ4v) is 0.724. The van der Waals surface area contributed by atoms with Gasteiger partial charge in [0.1, 0.15) is 0 Å². The van der Waals surface area contributed by atoms with Crippen molar-refractivity contribution >= 4 is 17.7 Å². The molecular weight excluding hydrogens is 152 g/mol. The van der Waals surface area contributed by atoms with Crippen molar-refractivity contribution < 1.29 is 15.0 Å². The smallest absolute Gasteiger partial charge is 0.300 e. The van der Waals surface area contributed by atoms with Gasteiger partial charge in [0.05, 0.1) is 6.10 Å². The zero-order valence-corrected chi connectivity index (χ0v) is 7.31. The maximum atomic E-state index is 9.00. The molecule has 0 bridgehead atoms. The first-order valence-corrected chi connectivity index (χ1v) is 4.26. The molecule has 0 aromatic rings. The highest BCUT2D eigenvalue weighted by Gasteiger charge is 1.87. The van der Waals surface area contributed by atoms with Crippen molar-refractivity contribution in [3.8, 4) is 0 Å². The molecule has 0 aliphatic rings. The second kappa shape index (κ2) is 8.78. The van der Waals surface area contributed by atoms with E-state index in [1.165, 1.54) is 0 Å². The van der Waals surface area contributed by atoms with E-state index in [0.717, 1.165) is 12.7 Å². The topological polar surface area (TPSA) is 57.5 Å². The third kappa shape index (κ3) is 46.3. The molecule has 1 unspecified atom stereocenters. The second-order valence-electron chi connectivity index (χ2n) is 1.82. The maximum Gasteiger partial charge on any atom is 0.300 e. The van der Waals surface area contributed by atoms with Gasteiger partial charge in [-0.15, -0.1) is 0 Å². The Bertz CT molecular complexity index is 79.1. The van der Waals surface area contributed by atoms with Crippen molar-refractivity contribution in [1.29, 1.82) is 0 Å². The van der Waals surface area contributed by atoms with Crippen LogP contribution in [0.2, 0.25) is 0 Å². The summed E-state index contributed by atoms with van der Waals surface area (Å²) in [5.41, 5.74) is 0. The van der Waals surface area contributed by atoms with Crippen molar-refractivity contribution in [2.24, 2.45) is 0 Å². The number of aliphatic carboxylic acids is 1. The van der Waals surface area contributed by atoms with E-state index in [1.54, 1.807) is 18.7 Å². The quantitative estimate of drug-likeness (QED) is 0.637. The molecule has 0 amide bonds. The van der Waals surface area contributed by atoms with Gasteiger partial charge in [-0.25, -0.2) is 0 Å². The molecule has 0 fully saturated rings. The molecule has 10 heavy (non-hydrogen) atoms. The van der Waals surface area contributed by atoms with Crippen LogP contribution in [0.15, 0.2) is 0 Å². The predicted octanol–water partition coefficient (Wildman–Crippen LogP) is 0.821. The minimum atomic E-state index is -0.833. The molecule has 0 rings (SSSR count). The van der Waals surface area contributed by atoms with E-state index >= 15 is 0 Å². The van der Waals surface area contributed by atoms with Gasteiger partial charge >= 0.3 is 0 Å². The third-order valence-electron chi connectivity index (χ3n) is 0.408. The van der Waals surface area contributed by atoms with Gasteiger partial charge in [-0.05, 0) is 13.2 Å². The highest BCUT2D eigenvalue weighted by Crippen LogP contribution is 1.93. The highest BCUT2D eigenvalue weighted by molar-refractivity contribution is 7.98. The van der Waals surface area contributed by atoms with E-state index in [4.69, 9.17) is 15.0 Å². The van der Waals surface area contributed by atoms with E-state index in [0.29, 0.717) is 0 Å². The number of hydrogen-bond acceptors (Lipinski definition) is 3. The normalized spacial score (nSPS) is 11.2. The van der Waals surface area contributed by atoms with E-state index in [2.05, 4.69) is 0 Å². The molecule has 0 spiro atoms. The number of rotatable bonds is 2. The predicted molar refractivity (Wildman–Crippen MR) is 43.4 cm³/mol. The molecule has 0 saturated heterocycles. The van der Waals surface area contributed by atoms with Crippen molar-refractivity contribution in [3.05, 3.63) is 0 Å². The number of thioether (sulfide) groups is 1. The summed E-state index contributed by atoms with van der Waals surface area (Å²) in [6, 6.07) is 0. The first-order chi connectivity index (χ1) is 4.50. The molecular formula is C6H14O3S. The Labute approximate surface area is 65.4 Å². The average Bonchev–Trinajstić information content (AvgIpc) is 1.62. The van der Waals surface area contributed by atoms with Crippen LogP contribution >= 0.6 is 11.8 Å². The van der Waals surface area contributed by atoms with E-state index < -0.39 is 5.97 Å². The molecule has 0 heterocycles. The lowest BCUT2D eigenvalue weighted by atomic mass is 10.5. The largest absolute Gasteiger partial charge is 0.481 e. The van der Waals surface area contributed by atoms with Crippen LogP contribution in [0.1, 0.15) is 13.8 Å². The number of aliphatic hydroxyl groups is 1. The van der Waals surface area contributed by atoms with Gasteiger partial charge in [-0.3, -0.25) is 4.79 Å². The molecule has 3 nitrogen and oxygen atoms in total. The van der Waals surface area contributed by atoms with Crippen LogP contribution in [-0.4, -0.2) is 34.3 Å². The minimum absolute atomic E-state index is 0.139. The van der Waals surface area contributed by atoms with Crippen LogP contribution < -0.4 is 0 Å². The summed E-state index contributed by atoms with van der Waals surface area (Å²) >= 11 is 1.66. The fourth-order valence-electron chi connectivity index (χ4n) is 0.241. The summed E-state index contributed by atoms with van der Waals surface area (Å²) in [6.07, 6.45) is 1.84. The Morgan fingerprint density at radius 3 is 2.00 bits per heavy atom. The van der Waals surface area contributed by atoms with Crippen molar-refractivity contribution in [1.82, 2.24) is 0 Å². The third-order valence-corrected chi connectivity index (χ3v) is 1.22. The molecule has 0 aliphatic carbocycles. The lowest BCUT2D eigenvalue weighted by molar-refractivity contribution is -0.134. The van der Waals surface area contributed by atoms with Gasteiger partial charge < -0.3 is 10.2 Å². The molecule has 0 radical (unpaired) electrons. The molecule has 0 aliphatic heterocycles. The SMILES string of the molecule is CC(=O)O.CSCC(C)O. The van der Waals surface area contributed by atoms with Crippen LogP contribution in [0.25, 0.3) is 0 Å². The standard InChI is InChI=1S/C4H10OS.C2H4O2/c1-4(5)3-6-2;1-2(3)4/h4-5H,3H2,1-2H3;1H3,(H,3,4). The Balaban J connectivity index is 0. The summed E-state index contributed by atoms with van der Waals surface area (Å²) in [6.45, 7) is 2.87. The molecule has 4 heteroatoms. The summed E-state index contributed by atoms with van der Waals surface area (Å²) in [4.78, 5) is 9.00. The Morgan fingerprint density at radius 1 is 1.70 bits per heavy atom. The highest BCUT2D eigenvalue weighted by atomic mass is 32.2. The lowest BCUT2D eigenvalue weighted by Crippen LogP contribution is -2.01. The first kappa shape index (κ1) is 12.5. The van der Waals surface area contributed by atoms with Crippen LogP contribution in [0, 0.1) is 0 Å². The van der Waals surface area contributed by atoms with Crippen molar-refractivity contribution in [2.75, 3.05) is 12.0 Å². The minimum Gasteiger partial charge on any atom is -0.481 e. The zero-order valence-electron chi connectivity index (χ0n) is 6.50. The maximum absolute atomic E-state index is 9.00. The fraction of sp³-hybridized carbons (Fsp3) is 0.833. The van der Waals surface area contributed by atoms with E-state index in [-0.39, 0.29) is 6.10 Å². The molecule has 0 aromatic carbocycles. The van der Waals surface area contributed by atoms with Crippen molar-refractivity contribution in [2.45, 2.75) is 20.0 Å². The number of carbonyl (C=O) groups is 1. The molecule has 2 N–H and O–H groups in total. The molecule has 62 valence electrons. The van der Waals surface area contributed by atoms with Gasteiger partial charge in [-0.2, -0.15) is 11.8 Å². The summed E-state index contributed by atoms with van der Waals surface area (Å²) in [5.74, 6) is 0.0139. The first-order valence-electron chi connectivity index (χ1n) is 2.87. The van der Waals surface area contributed by atoms with Crippen LogP contribution in [0.5, 0.6) is 0 Å². The number of carboxylic acids is 1. The van der Waals surface area contributed by atoms with Crippen LogP contribution in [-0.2, 0) is 4.79 Å². The van der Waals surface area contributed by atoms with Crippen LogP contribution in [0.4, 0.5) is 0 Å². The molecule has 1 atom stereocenters. The average molecular weight is 166 g/mol. The van der Waals surface area contributed by atoms with E-state index in [1.807, 2.05) is 6.26 Å². The summed E-state index contributed by atoms with van der Waals surface area (Å²) < 4.78 is 0. The lowest BCUT2D eigenvalue weighted by Gasteiger charge is -1.95. The number of aliphatic hydroxyl groups excluding tert-OH is 1. The Morgan fingerprint density at radius 2 is 2.00 bits per heavy atom. The van der Waals surface area contributed by atoms with Gasteiger partial charge in [0.25, 0.3) is 5.97 Å². The van der Waals surface area contributed by atoms with E-state index in [9.17, 15) is 0 Å². The van der Waals surface area contributed by atoms with Gasteiger partial charge in [0.2, 0.25) is 0 Å². The number of hydrogen-bond donors (Lipinski definition) is 2. The summed E-state index contributed by atoms with van der Waals surface area (Å²) in [5, 5.41) is 15.9. The van der Waals surface area contributed by atoms with Crippen molar-refractivity contribution in [3.63, 3.8) is 0 Å². The molecule has 0 aromatic heterocycles. The van der Waals surface area contributed by atoms with Gasteiger partial charge in [-0.1, -0.05) is 0 Å². The zero-order chi connectivity index (χ0) is 8.57. The Kier molecular flexibility index (Phi) is 10.9. The van der Waals surface area contributed by atoms with Gasteiger partial charge in [0.15, 0.2) is 0 Å². The Hall–Kier alpha value is -0.220.